The molecule has 0 amide bonds. The van der Waals surface area contributed by atoms with Crippen molar-refractivity contribution in [2.75, 3.05) is 0 Å². The Kier molecular flexibility index (Phi) is 222. The van der Waals surface area contributed by atoms with E-state index in [9.17, 15) is 0 Å². The van der Waals surface area contributed by atoms with E-state index in [0.717, 1.165) is 0 Å². The summed E-state index contributed by atoms with van der Waals surface area (Å²) in [5.74, 6) is 0. The molecule has 0 fully saturated rings. The quantitative estimate of drug-likeness (QED) is 0.336. The van der Waals surface area contributed by atoms with Gasteiger partial charge in [0.05, 0.1) is 0 Å². The molecule has 0 rings (SSSR count). The van der Waals surface area contributed by atoms with Gasteiger partial charge in [-0.05, 0) is 0 Å². The normalized spacial score (nSPS) is 3.27. The first kappa shape index (κ1) is 30.2. The molecule has 0 bridgehead atoms. The number of hydrogen-bond acceptors (Lipinski definition) is 4. The Morgan fingerprint density at radius 3 is 1.00 bits per heavy atom. The second kappa shape index (κ2) is 81.0. The van der Waals surface area contributed by atoms with Gasteiger partial charge >= 0.3 is 29.6 Å². The second-order valence-electron chi connectivity index (χ2n) is 0.307. The molecule has 2 N–H and O–H groups in total. The van der Waals surface area contributed by atoms with E-state index < -0.39 is 6.47 Å². The number of carbonyl (C=O) groups excluding carboxylic acids is 1. The predicted octanol–water partition coefficient (Wildman–Crippen LogP) is -5.23. The van der Waals surface area contributed by atoms with Gasteiger partial charge in [0.25, 0.3) is 12.9 Å². The summed E-state index contributed by atoms with van der Waals surface area (Å²) < 4.78 is 0. The minimum atomic E-state index is -0.500. The Balaban J connectivity index is -0.0000000150. The van der Waals surface area contributed by atoms with Crippen molar-refractivity contribution in [3.63, 3.8) is 0 Å². The van der Waals surface area contributed by atoms with Gasteiger partial charge in [-0.1, -0.05) is 0 Å². The first-order chi connectivity index (χ1) is 4.24. The van der Waals surface area contributed by atoms with Crippen LogP contribution in [-0.2, 0) is 41.7 Å². The zero-order valence-corrected chi connectivity index (χ0v) is 12.0. The van der Waals surface area contributed by atoms with Crippen LogP contribution in [0, 0.1) is 0 Å². The Bertz CT molecular complexity index is 54.6. The third-order valence-electron chi connectivity index (χ3n) is 0. The van der Waals surface area contributed by atoms with E-state index in [-0.39, 0.29) is 69.8 Å². The van der Waals surface area contributed by atoms with E-state index in [0.29, 0.717) is 0 Å². The van der Waals surface area contributed by atoms with Crippen molar-refractivity contribution < 1.29 is 86.6 Å². The predicted molar refractivity (Wildman–Crippen MR) is 23.4 cm³/mol. The van der Waals surface area contributed by atoms with E-state index in [1.807, 2.05) is 0 Å². The average molecular weight is 272 g/mol. The van der Waals surface area contributed by atoms with Crippen LogP contribution in [0.4, 0.5) is 0 Å². The molecule has 0 atom stereocenters. The SMILES string of the molecule is O=CO.O=CO.O=C[O-].[Cd].[Na+]. The molecule has 6 nitrogen and oxygen atoms in total. The zero-order chi connectivity index (χ0) is 8.12. The Morgan fingerprint density at radius 1 is 1.00 bits per heavy atom. The summed E-state index contributed by atoms with van der Waals surface area (Å²) in [5, 5.41) is 22.0. The number of hydrogen-bond donors (Lipinski definition) is 2. The van der Waals surface area contributed by atoms with E-state index in [2.05, 4.69) is 0 Å². The molecule has 0 aliphatic carbocycles. The van der Waals surface area contributed by atoms with Crippen molar-refractivity contribution in [3.05, 3.63) is 0 Å². The van der Waals surface area contributed by atoms with Gasteiger partial charge in [-0.25, -0.2) is 0 Å². The summed E-state index contributed by atoms with van der Waals surface area (Å²) in [5.41, 5.74) is 0. The Labute approximate surface area is 105 Å². The third kappa shape index (κ3) is 6500. The zero-order valence-electron chi connectivity index (χ0n) is 5.97. The molecule has 0 unspecified atom stereocenters. The van der Waals surface area contributed by atoms with Gasteiger partial charge in [0.2, 0.25) is 0 Å². The van der Waals surface area contributed by atoms with Crippen LogP contribution >= 0.6 is 0 Å². The van der Waals surface area contributed by atoms with Crippen LogP contribution in [0.25, 0.3) is 0 Å². The summed E-state index contributed by atoms with van der Waals surface area (Å²) in [6, 6.07) is 0. The van der Waals surface area contributed by atoms with Crippen LogP contribution in [0.5, 0.6) is 0 Å². The Morgan fingerprint density at radius 2 is 1.00 bits per heavy atom. The first-order valence-electron chi connectivity index (χ1n) is 1.46. The van der Waals surface area contributed by atoms with E-state index in [1.165, 1.54) is 0 Å². The smallest absolute Gasteiger partial charge is 0.554 e. The minimum Gasteiger partial charge on any atom is -0.554 e. The van der Waals surface area contributed by atoms with Gasteiger partial charge in [-0.3, -0.25) is 9.59 Å². The summed E-state index contributed by atoms with van der Waals surface area (Å²) in [6.07, 6.45) is 0. The van der Waals surface area contributed by atoms with E-state index in [1.54, 1.807) is 0 Å². The monoisotopic (exact) mass is 274 g/mol. The average Bonchev–Trinajstić information content (AvgIpc) is 1.70. The van der Waals surface area contributed by atoms with Crippen molar-refractivity contribution >= 4 is 19.4 Å². The van der Waals surface area contributed by atoms with Crippen LogP contribution in [0.1, 0.15) is 0 Å². The molecule has 0 radical (unpaired) electrons. The molecule has 0 aliphatic rings. The molecule has 0 spiro atoms. The fraction of sp³-hybridized carbons (Fsp3) is 0. The number of rotatable bonds is 0. The topological polar surface area (TPSA) is 115 Å². The number of carboxylic acid groups (broad SMARTS) is 3. The van der Waals surface area contributed by atoms with Gasteiger partial charge in [-0.2, -0.15) is 0 Å². The van der Waals surface area contributed by atoms with Gasteiger partial charge in [0.1, 0.15) is 0 Å². The summed E-state index contributed by atoms with van der Waals surface area (Å²) in [4.78, 5) is 25.0. The van der Waals surface area contributed by atoms with Crippen LogP contribution in [0.15, 0.2) is 0 Å². The van der Waals surface area contributed by atoms with Gasteiger partial charge in [-0.15, -0.1) is 0 Å². The van der Waals surface area contributed by atoms with E-state index >= 15 is 0 Å². The van der Waals surface area contributed by atoms with Crippen molar-refractivity contribution in [1.29, 1.82) is 0 Å². The molecule has 0 saturated heterocycles. The maximum atomic E-state index is 8.36. The summed E-state index contributed by atoms with van der Waals surface area (Å²) in [7, 11) is 0. The standard InChI is InChI=1S/3CH2O2.Cd.Na/c3*2-1-3;;/h3*1H,(H,2,3);;/q;;;;+1/p-1. The molecular weight excluding hydrogens is 267 g/mol. The first-order valence-corrected chi connectivity index (χ1v) is 1.46. The van der Waals surface area contributed by atoms with E-state index in [4.69, 9.17) is 29.7 Å². The fourth-order valence-corrected chi connectivity index (χ4v) is 0. The maximum absolute atomic E-state index is 8.36. The molecule has 0 aliphatic heterocycles. The maximum Gasteiger partial charge on any atom is 1.00 e. The summed E-state index contributed by atoms with van der Waals surface area (Å²) >= 11 is 0. The van der Waals surface area contributed by atoms with Crippen molar-refractivity contribution in [3.8, 4) is 0 Å². The largest absolute Gasteiger partial charge is 1.00 e. The van der Waals surface area contributed by atoms with Crippen molar-refractivity contribution in [2.24, 2.45) is 0 Å². The molecule has 0 saturated carbocycles. The van der Waals surface area contributed by atoms with Gasteiger partial charge in [0, 0.05) is 33.8 Å². The third-order valence-corrected chi connectivity index (χ3v) is 0. The molecule has 0 aromatic rings. The van der Waals surface area contributed by atoms with Crippen molar-refractivity contribution in [2.45, 2.75) is 0 Å². The van der Waals surface area contributed by atoms with Crippen LogP contribution in [-0.4, -0.2) is 29.6 Å². The van der Waals surface area contributed by atoms with Gasteiger partial charge < -0.3 is 20.1 Å². The molecule has 0 heterocycles. The van der Waals surface area contributed by atoms with Crippen molar-refractivity contribution in [1.82, 2.24) is 0 Å². The molecule has 0 aromatic carbocycles. The number of carbonyl (C=O) groups is 3. The van der Waals surface area contributed by atoms with Gasteiger partial charge in [0.15, 0.2) is 0 Å². The summed E-state index contributed by atoms with van der Waals surface area (Å²) in [6.45, 7) is -1.00. The minimum absolute atomic E-state index is 0. The van der Waals surface area contributed by atoms with Crippen LogP contribution in [0.3, 0.4) is 0 Å². The molecular formula is C3H5CdNaO6. The molecule has 11 heavy (non-hydrogen) atoms. The second-order valence-corrected chi connectivity index (χ2v) is 0.307. The fourth-order valence-electron chi connectivity index (χ4n) is 0. The van der Waals surface area contributed by atoms with Crippen LogP contribution < -0.4 is 34.7 Å². The van der Waals surface area contributed by atoms with Crippen LogP contribution in [0.2, 0.25) is 0 Å². The molecule has 0 aromatic heterocycles. The molecule has 56 valence electrons. The Hall–Kier alpha value is 0.332. The molecule has 8 heteroatoms.